The summed E-state index contributed by atoms with van der Waals surface area (Å²) in [7, 11) is 0. The van der Waals surface area contributed by atoms with Crippen molar-refractivity contribution in [3.8, 4) is 0 Å². The Morgan fingerprint density at radius 1 is 1.18 bits per heavy atom. The number of ether oxygens (including phenoxy) is 2. The van der Waals surface area contributed by atoms with Crippen molar-refractivity contribution in [2.45, 2.75) is 37.3 Å². The number of nitrogens with zero attached hydrogens (tertiary/aromatic N) is 1. The zero-order valence-electron chi connectivity index (χ0n) is 10.6. The van der Waals surface area contributed by atoms with E-state index in [1.807, 2.05) is 0 Å². The molecular formula is C13H24N2O2. The van der Waals surface area contributed by atoms with Gasteiger partial charge in [-0.3, -0.25) is 4.90 Å². The predicted octanol–water partition coefficient (Wildman–Crippen LogP) is 0.605. The quantitative estimate of drug-likeness (QED) is 0.768. The maximum absolute atomic E-state index is 6.08. The molecule has 4 heteroatoms. The highest BCUT2D eigenvalue weighted by Crippen LogP contribution is 2.37. The largest absolute Gasteiger partial charge is 0.381 e. The van der Waals surface area contributed by atoms with E-state index in [-0.39, 0.29) is 5.60 Å². The summed E-state index contributed by atoms with van der Waals surface area (Å²) in [6.07, 6.45) is 4.56. The molecule has 98 valence electrons. The van der Waals surface area contributed by atoms with Gasteiger partial charge in [-0.1, -0.05) is 0 Å². The van der Waals surface area contributed by atoms with E-state index in [2.05, 4.69) is 4.90 Å². The van der Waals surface area contributed by atoms with Crippen molar-refractivity contribution in [2.75, 3.05) is 39.5 Å². The molecule has 3 rings (SSSR count). The summed E-state index contributed by atoms with van der Waals surface area (Å²) in [5.41, 5.74) is 5.83. The molecule has 3 heterocycles. The SMILES string of the molecule is NCC1CN(C2CCOC3(CCOCC3)C2)C1. The van der Waals surface area contributed by atoms with Gasteiger partial charge in [-0.25, -0.2) is 0 Å². The fraction of sp³-hybridized carbons (Fsp3) is 1.00. The molecule has 0 aliphatic carbocycles. The molecule has 0 bridgehead atoms. The van der Waals surface area contributed by atoms with Gasteiger partial charge in [-0.05, 0) is 38.1 Å². The van der Waals surface area contributed by atoms with E-state index in [0.29, 0.717) is 0 Å². The second-order valence-corrected chi connectivity index (χ2v) is 5.85. The van der Waals surface area contributed by atoms with Crippen LogP contribution in [0.4, 0.5) is 0 Å². The molecule has 0 saturated carbocycles. The van der Waals surface area contributed by atoms with Gasteiger partial charge in [0.1, 0.15) is 0 Å². The number of hydrogen-bond donors (Lipinski definition) is 1. The van der Waals surface area contributed by atoms with Crippen LogP contribution in [0, 0.1) is 5.92 Å². The first kappa shape index (κ1) is 11.9. The van der Waals surface area contributed by atoms with Gasteiger partial charge in [0.05, 0.1) is 5.60 Å². The van der Waals surface area contributed by atoms with Crippen molar-refractivity contribution in [1.82, 2.24) is 4.90 Å². The Bertz CT molecular complexity index is 255. The van der Waals surface area contributed by atoms with Crippen molar-refractivity contribution in [3.63, 3.8) is 0 Å². The minimum absolute atomic E-state index is 0.134. The second-order valence-electron chi connectivity index (χ2n) is 5.85. The summed E-state index contributed by atoms with van der Waals surface area (Å²) in [6.45, 7) is 5.92. The van der Waals surface area contributed by atoms with Crippen LogP contribution in [0.1, 0.15) is 25.7 Å². The summed E-state index contributed by atoms with van der Waals surface area (Å²) < 4.78 is 11.5. The highest BCUT2D eigenvalue weighted by atomic mass is 16.5. The minimum Gasteiger partial charge on any atom is -0.381 e. The van der Waals surface area contributed by atoms with Crippen LogP contribution in [0.25, 0.3) is 0 Å². The standard InChI is InChI=1S/C13H24N2O2/c14-8-11-9-15(10-11)12-1-4-17-13(7-12)2-5-16-6-3-13/h11-12H,1-10,14H2. The van der Waals surface area contributed by atoms with Crippen LogP contribution in [-0.4, -0.2) is 56.0 Å². The van der Waals surface area contributed by atoms with Gasteiger partial charge in [-0.15, -0.1) is 0 Å². The van der Waals surface area contributed by atoms with E-state index in [4.69, 9.17) is 15.2 Å². The molecule has 3 fully saturated rings. The number of nitrogens with two attached hydrogens (primary N) is 1. The Kier molecular flexibility index (Phi) is 3.39. The van der Waals surface area contributed by atoms with Crippen molar-refractivity contribution in [2.24, 2.45) is 11.7 Å². The molecule has 17 heavy (non-hydrogen) atoms. The van der Waals surface area contributed by atoms with Gasteiger partial charge in [0.15, 0.2) is 0 Å². The average molecular weight is 240 g/mol. The molecule has 0 radical (unpaired) electrons. The van der Waals surface area contributed by atoms with Gasteiger partial charge in [0, 0.05) is 39.0 Å². The zero-order chi connectivity index (χ0) is 11.7. The lowest BCUT2D eigenvalue weighted by Gasteiger charge is -2.51. The summed E-state index contributed by atoms with van der Waals surface area (Å²) in [4.78, 5) is 2.61. The predicted molar refractivity (Wildman–Crippen MR) is 65.9 cm³/mol. The van der Waals surface area contributed by atoms with Gasteiger partial charge in [0.25, 0.3) is 0 Å². The summed E-state index contributed by atoms with van der Waals surface area (Å²) in [5.74, 6) is 0.739. The minimum atomic E-state index is 0.134. The lowest BCUT2D eigenvalue weighted by atomic mass is 9.82. The highest BCUT2D eigenvalue weighted by molar-refractivity contribution is 4.95. The maximum atomic E-state index is 6.08. The van der Waals surface area contributed by atoms with Crippen LogP contribution in [0.5, 0.6) is 0 Å². The molecule has 0 aromatic heterocycles. The fourth-order valence-corrected chi connectivity index (χ4v) is 3.46. The van der Waals surface area contributed by atoms with Crippen molar-refractivity contribution in [1.29, 1.82) is 0 Å². The molecule has 0 amide bonds. The summed E-state index contributed by atoms with van der Waals surface area (Å²) >= 11 is 0. The Balaban J connectivity index is 1.56. The van der Waals surface area contributed by atoms with Crippen molar-refractivity contribution in [3.05, 3.63) is 0 Å². The lowest BCUT2D eigenvalue weighted by molar-refractivity contribution is -0.158. The fourth-order valence-electron chi connectivity index (χ4n) is 3.46. The Morgan fingerprint density at radius 2 is 1.94 bits per heavy atom. The second kappa shape index (κ2) is 4.84. The van der Waals surface area contributed by atoms with E-state index in [0.717, 1.165) is 51.2 Å². The summed E-state index contributed by atoms with van der Waals surface area (Å²) in [6, 6.07) is 0.727. The van der Waals surface area contributed by atoms with Gasteiger partial charge < -0.3 is 15.2 Å². The van der Waals surface area contributed by atoms with Crippen LogP contribution in [-0.2, 0) is 9.47 Å². The van der Waals surface area contributed by atoms with Crippen molar-refractivity contribution < 1.29 is 9.47 Å². The van der Waals surface area contributed by atoms with E-state index >= 15 is 0 Å². The zero-order valence-corrected chi connectivity index (χ0v) is 10.6. The van der Waals surface area contributed by atoms with E-state index in [1.165, 1.54) is 25.9 Å². The van der Waals surface area contributed by atoms with Crippen LogP contribution < -0.4 is 5.73 Å². The Labute approximate surface area is 103 Å². The van der Waals surface area contributed by atoms with Gasteiger partial charge in [-0.2, -0.15) is 0 Å². The van der Waals surface area contributed by atoms with Gasteiger partial charge in [0.2, 0.25) is 0 Å². The first-order valence-corrected chi connectivity index (χ1v) is 6.97. The highest BCUT2D eigenvalue weighted by Gasteiger charge is 2.42. The third kappa shape index (κ3) is 2.36. The first-order chi connectivity index (χ1) is 8.31. The molecule has 3 aliphatic heterocycles. The van der Waals surface area contributed by atoms with E-state index in [1.54, 1.807) is 0 Å². The molecule has 2 N–H and O–H groups in total. The third-order valence-electron chi connectivity index (χ3n) is 4.71. The lowest BCUT2D eigenvalue weighted by Crippen LogP contribution is -2.59. The van der Waals surface area contributed by atoms with Crippen LogP contribution >= 0.6 is 0 Å². The van der Waals surface area contributed by atoms with Crippen molar-refractivity contribution >= 4 is 0 Å². The number of hydrogen-bond acceptors (Lipinski definition) is 4. The normalized spacial score (nSPS) is 34.8. The van der Waals surface area contributed by atoms with Crippen LogP contribution in [0.2, 0.25) is 0 Å². The molecule has 1 atom stereocenters. The number of likely N-dealkylation sites (tertiary alicyclic amines) is 1. The van der Waals surface area contributed by atoms with E-state index < -0.39 is 0 Å². The van der Waals surface area contributed by atoms with E-state index in [9.17, 15) is 0 Å². The molecule has 0 aromatic rings. The Hall–Kier alpha value is -0.160. The van der Waals surface area contributed by atoms with Crippen LogP contribution in [0.3, 0.4) is 0 Å². The smallest absolute Gasteiger partial charge is 0.0741 e. The van der Waals surface area contributed by atoms with Crippen LogP contribution in [0.15, 0.2) is 0 Å². The maximum Gasteiger partial charge on any atom is 0.0741 e. The summed E-state index contributed by atoms with van der Waals surface area (Å²) in [5, 5.41) is 0. The average Bonchev–Trinajstić information content (AvgIpc) is 2.29. The molecular weight excluding hydrogens is 216 g/mol. The first-order valence-electron chi connectivity index (χ1n) is 6.97. The number of rotatable bonds is 2. The Morgan fingerprint density at radius 3 is 2.65 bits per heavy atom. The third-order valence-corrected chi connectivity index (χ3v) is 4.71. The molecule has 4 nitrogen and oxygen atoms in total. The molecule has 1 unspecified atom stereocenters. The van der Waals surface area contributed by atoms with Gasteiger partial charge >= 0.3 is 0 Å². The molecule has 3 aliphatic rings. The molecule has 0 aromatic carbocycles. The topological polar surface area (TPSA) is 47.7 Å². The monoisotopic (exact) mass is 240 g/mol. The molecule has 3 saturated heterocycles. The molecule has 1 spiro atoms.